The number of nitriles is 1. The molecule has 2 fully saturated rings. The molecule has 26 heavy (non-hydrogen) atoms. The van der Waals surface area contributed by atoms with Crippen LogP contribution in [0.25, 0.3) is 0 Å². The van der Waals surface area contributed by atoms with Crippen LogP contribution in [0.4, 0.5) is 0 Å². The van der Waals surface area contributed by atoms with Crippen LogP contribution in [0.1, 0.15) is 63.0 Å². The highest BCUT2D eigenvalue weighted by Gasteiger charge is 2.66. The molecule has 0 aromatic heterocycles. The predicted molar refractivity (Wildman–Crippen MR) is 98.5 cm³/mol. The first kappa shape index (κ1) is 17.8. The van der Waals surface area contributed by atoms with Gasteiger partial charge in [-0.15, -0.1) is 0 Å². The normalized spacial score (nSPS) is 43.9. The number of benzene rings is 1. The number of aromatic hydroxyl groups is 1. The van der Waals surface area contributed by atoms with E-state index in [2.05, 4.69) is 26.0 Å². The van der Waals surface area contributed by atoms with E-state index >= 15 is 0 Å². The van der Waals surface area contributed by atoms with Gasteiger partial charge in [-0.1, -0.05) is 26.3 Å². The molecule has 0 aliphatic heterocycles. The van der Waals surface area contributed by atoms with Crippen molar-refractivity contribution in [2.24, 2.45) is 23.2 Å². The average molecular weight is 355 g/mol. The van der Waals surface area contributed by atoms with Gasteiger partial charge < -0.3 is 15.3 Å². The van der Waals surface area contributed by atoms with Crippen LogP contribution in [-0.4, -0.2) is 27.0 Å². The molecule has 3 aliphatic rings. The van der Waals surface area contributed by atoms with E-state index in [0.29, 0.717) is 29.9 Å². The Morgan fingerprint density at radius 1 is 1.35 bits per heavy atom. The van der Waals surface area contributed by atoms with Gasteiger partial charge in [0.05, 0.1) is 18.6 Å². The molecule has 4 rings (SSSR count). The molecule has 0 unspecified atom stereocenters. The van der Waals surface area contributed by atoms with Crippen molar-refractivity contribution in [3.8, 4) is 11.8 Å². The lowest BCUT2D eigenvalue weighted by Crippen LogP contribution is -2.55. The number of hydrogen-bond donors (Lipinski definition) is 3. The van der Waals surface area contributed by atoms with Crippen molar-refractivity contribution < 1.29 is 15.3 Å². The molecular formula is C22H29NO3. The lowest BCUT2D eigenvalue weighted by Gasteiger charge is -2.56. The zero-order chi connectivity index (χ0) is 18.7. The summed E-state index contributed by atoms with van der Waals surface area (Å²) in [5.41, 5.74) is 0.871. The van der Waals surface area contributed by atoms with Crippen LogP contribution in [-0.2, 0) is 6.42 Å². The Kier molecular flexibility index (Phi) is 4.09. The molecule has 140 valence electrons. The van der Waals surface area contributed by atoms with Crippen molar-refractivity contribution in [1.82, 2.24) is 0 Å². The molecule has 7 atom stereocenters. The molecule has 2 saturated carbocycles. The van der Waals surface area contributed by atoms with Crippen molar-refractivity contribution in [3.63, 3.8) is 0 Å². The Morgan fingerprint density at radius 3 is 2.81 bits per heavy atom. The summed E-state index contributed by atoms with van der Waals surface area (Å²) in [4.78, 5) is 0. The van der Waals surface area contributed by atoms with Gasteiger partial charge in [-0.2, -0.15) is 5.26 Å². The van der Waals surface area contributed by atoms with E-state index in [9.17, 15) is 20.6 Å². The SMILES string of the molecule is CC[C@H]1C[C@@]2(C)[C@@H](C[C@@H](O)[C@@]2(O)CC#N)[C@@H]2CCc3cc(O)ccc3[C@@H]12. The minimum atomic E-state index is -1.31. The van der Waals surface area contributed by atoms with Crippen LogP contribution >= 0.6 is 0 Å². The summed E-state index contributed by atoms with van der Waals surface area (Å²) < 4.78 is 0. The predicted octanol–water partition coefficient (Wildman–Crippen LogP) is 3.50. The summed E-state index contributed by atoms with van der Waals surface area (Å²) in [7, 11) is 0. The summed E-state index contributed by atoms with van der Waals surface area (Å²) in [5.74, 6) is 1.80. The van der Waals surface area contributed by atoms with Crippen LogP contribution in [0.3, 0.4) is 0 Å². The van der Waals surface area contributed by atoms with E-state index in [-0.39, 0.29) is 12.3 Å². The number of rotatable bonds is 2. The van der Waals surface area contributed by atoms with Gasteiger partial charge in [0, 0.05) is 5.41 Å². The number of fused-ring (bicyclic) bond motifs is 5. The molecule has 4 nitrogen and oxygen atoms in total. The maximum atomic E-state index is 11.3. The van der Waals surface area contributed by atoms with Crippen molar-refractivity contribution in [3.05, 3.63) is 29.3 Å². The highest BCUT2D eigenvalue weighted by molar-refractivity contribution is 5.41. The highest BCUT2D eigenvalue weighted by atomic mass is 16.3. The molecule has 3 aliphatic carbocycles. The molecule has 1 aromatic rings. The highest BCUT2D eigenvalue weighted by Crippen LogP contribution is 2.66. The topological polar surface area (TPSA) is 84.5 Å². The minimum absolute atomic E-state index is 0.000549. The van der Waals surface area contributed by atoms with Gasteiger partial charge in [0.25, 0.3) is 0 Å². The summed E-state index contributed by atoms with van der Waals surface area (Å²) in [6.07, 6.45) is 3.56. The first-order chi connectivity index (χ1) is 12.4. The number of hydrogen-bond acceptors (Lipinski definition) is 4. The molecule has 0 heterocycles. The Balaban J connectivity index is 1.79. The number of aliphatic hydroxyl groups is 2. The van der Waals surface area contributed by atoms with Crippen molar-refractivity contribution in [1.29, 1.82) is 5.26 Å². The molecule has 0 spiro atoms. The van der Waals surface area contributed by atoms with Crippen molar-refractivity contribution in [2.75, 3.05) is 0 Å². The molecule has 1 aromatic carbocycles. The Bertz CT molecular complexity index is 756. The molecule has 0 radical (unpaired) electrons. The van der Waals surface area contributed by atoms with E-state index in [1.807, 2.05) is 6.07 Å². The molecule has 4 heteroatoms. The maximum Gasteiger partial charge on any atom is 0.115 e. The second kappa shape index (κ2) is 5.97. The molecule has 0 saturated heterocycles. The van der Waals surface area contributed by atoms with Crippen molar-refractivity contribution >= 4 is 0 Å². The fourth-order valence-electron chi connectivity index (χ4n) is 6.80. The lowest BCUT2D eigenvalue weighted by atomic mass is 9.49. The Morgan fingerprint density at radius 2 is 2.12 bits per heavy atom. The van der Waals surface area contributed by atoms with Gasteiger partial charge in [-0.25, -0.2) is 0 Å². The third-order valence-corrected chi connectivity index (χ3v) is 8.11. The van der Waals surface area contributed by atoms with E-state index in [0.717, 1.165) is 25.7 Å². The molecule has 3 N–H and O–H groups in total. The van der Waals surface area contributed by atoms with Crippen LogP contribution in [0.5, 0.6) is 5.75 Å². The molecule has 0 bridgehead atoms. The second-order valence-corrected chi connectivity index (χ2v) is 9.02. The minimum Gasteiger partial charge on any atom is -0.508 e. The monoisotopic (exact) mass is 355 g/mol. The smallest absolute Gasteiger partial charge is 0.115 e. The second-order valence-electron chi connectivity index (χ2n) is 9.02. The van der Waals surface area contributed by atoms with Gasteiger partial charge in [0.2, 0.25) is 0 Å². The zero-order valence-corrected chi connectivity index (χ0v) is 15.7. The average Bonchev–Trinajstić information content (AvgIpc) is 2.81. The third-order valence-electron chi connectivity index (χ3n) is 8.11. The van der Waals surface area contributed by atoms with Crippen LogP contribution in [0.15, 0.2) is 18.2 Å². The van der Waals surface area contributed by atoms with E-state index in [4.69, 9.17) is 0 Å². The summed E-state index contributed by atoms with van der Waals surface area (Å²) in [5, 5.41) is 41.2. The lowest BCUT2D eigenvalue weighted by molar-refractivity contribution is -0.148. The van der Waals surface area contributed by atoms with Gasteiger partial charge in [0.15, 0.2) is 0 Å². The Labute approximate surface area is 155 Å². The Hall–Kier alpha value is -1.57. The van der Waals surface area contributed by atoms with Gasteiger partial charge in [0.1, 0.15) is 11.4 Å². The zero-order valence-electron chi connectivity index (χ0n) is 15.7. The van der Waals surface area contributed by atoms with Crippen LogP contribution in [0.2, 0.25) is 0 Å². The van der Waals surface area contributed by atoms with Crippen LogP contribution < -0.4 is 0 Å². The van der Waals surface area contributed by atoms with E-state index in [1.165, 1.54) is 11.1 Å². The number of phenolic OH excluding ortho intramolecular Hbond substituents is 1. The van der Waals surface area contributed by atoms with Crippen molar-refractivity contribution in [2.45, 2.75) is 70.0 Å². The summed E-state index contributed by atoms with van der Waals surface area (Å²) >= 11 is 0. The standard InChI is InChI=1S/C22H29NO3/c1-3-13-12-21(2)18(11-19(25)22(21,26)8-9-23)17-6-4-14-10-15(24)5-7-16(14)20(13)17/h5,7,10,13,17-20,24-26H,3-4,6,8,11-12H2,1-2H3/t13-,17-,18-,19+,20+,21-,22-/m0/s1. The number of aliphatic hydroxyl groups excluding tert-OH is 1. The first-order valence-corrected chi connectivity index (χ1v) is 9.95. The summed E-state index contributed by atoms with van der Waals surface area (Å²) in [6.45, 7) is 4.31. The van der Waals surface area contributed by atoms with E-state index in [1.54, 1.807) is 6.07 Å². The maximum absolute atomic E-state index is 11.3. The van der Waals surface area contributed by atoms with E-state index < -0.39 is 17.1 Å². The quantitative estimate of drug-likeness (QED) is 0.758. The van der Waals surface area contributed by atoms with Gasteiger partial charge >= 0.3 is 0 Å². The molecule has 0 amide bonds. The number of aryl methyl sites for hydroxylation is 1. The third kappa shape index (κ3) is 2.20. The number of phenols is 1. The van der Waals surface area contributed by atoms with Crippen LogP contribution in [0, 0.1) is 34.5 Å². The largest absolute Gasteiger partial charge is 0.508 e. The summed E-state index contributed by atoms with van der Waals surface area (Å²) in [6, 6.07) is 7.90. The fourth-order valence-corrected chi connectivity index (χ4v) is 6.80. The first-order valence-electron chi connectivity index (χ1n) is 9.95. The van der Waals surface area contributed by atoms with Gasteiger partial charge in [-0.05, 0) is 72.6 Å². The van der Waals surface area contributed by atoms with Gasteiger partial charge in [-0.3, -0.25) is 0 Å². The molecular weight excluding hydrogens is 326 g/mol. The number of nitrogens with zero attached hydrogens (tertiary/aromatic N) is 1. The fraction of sp³-hybridized carbons (Fsp3) is 0.682.